The van der Waals surface area contributed by atoms with Gasteiger partial charge in [-0.1, -0.05) is 140 Å². The lowest BCUT2D eigenvalue weighted by molar-refractivity contribution is 0.669. The molecule has 234 valence electrons. The van der Waals surface area contributed by atoms with Gasteiger partial charge in [0.25, 0.3) is 0 Å². The Morgan fingerprint density at radius 3 is 1.53 bits per heavy atom. The number of aliphatic imine (C=N–C) groups is 2. The molecule has 2 atom stereocenters. The van der Waals surface area contributed by atoms with Gasteiger partial charge >= 0.3 is 0 Å². The standard InChI is InChI=1S/C44H32N4O/c1-5-15-31(16-6-1)36-27-39(33-19-9-3-10-20-33)47(29-45-36)38-25-26-42-43(35-23-13-14-24-41(35)49-42)44(38)48-30-46-37(32-17-7-2-8-18-32)28-40(48)34-21-11-4-12-22-34/h1-30,36-37H. The van der Waals surface area contributed by atoms with Gasteiger partial charge in [0.15, 0.2) is 0 Å². The van der Waals surface area contributed by atoms with Gasteiger partial charge < -0.3 is 4.42 Å². The molecule has 2 aliphatic rings. The topological polar surface area (TPSA) is 44.3 Å². The predicted molar refractivity (Wildman–Crippen MR) is 203 cm³/mol. The molecule has 0 aliphatic carbocycles. The van der Waals surface area contributed by atoms with E-state index in [1.54, 1.807) is 0 Å². The molecule has 9 rings (SSSR count). The van der Waals surface area contributed by atoms with Crippen LogP contribution in [0.3, 0.4) is 0 Å². The largest absolute Gasteiger partial charge is 0.456 e. The fourth-order valence-corrected chi connectivity index (χ4v) is 6.90. The zero-order valence-corrected chi connectivity index (χ0v) is 26.7. The van der Waals surface area contributed by atoms with Crippen molar-refractivity contribution in [2.24, 2.45) is 9.98 Å². The fourth-order valence-electron chi connectivity index (χ4n) is 6.90. The van der Waals surface area contributed by atoms with Crippen LogP contribution in [0.15, 0.2) is 184 Å². The molecule has 0 N–H and O–H groups in total. The highest BCUT2D eigenvalue weighted by molar-refractivity contribution is 6.22. The molecule has 6 aromatic carbocycles. The highest BCUT2D eigenvalue weighted by Gasteiger charge is 2.30. The van der Waals surface area contributed by atoms with Crippen LogP contribution in [0.1, 0.15) is 34.3 Å². The second-order valence-electron chi connectivity index (χ2n) is 12.2. The van der Waals surface area contributed by atoms with Crippen LogP contribution in [-0.2, 0) is 0 Å². The molecular weight excluding hydrogens is 601 g/mol. The Morgan fingerprint density at radius 1 is 0.449 bits per heavy atom. The first-order chi connectivity index (χ1) is 24.3. The van der Waals surface area contributed by atoms with E-state index in [0.717, 1.165) is 67.0 Å². The molecule has 3 heterocycles. The van der Waals surface area contributed by atoms with Crippen molar-refractivity contribution in [1.29, 1.82) is 0 Å². The number of benzene rings is 6. The van der Waals surface area contributed by atoms with Gasteiger partial charge in [-0.2, -0.15) is 0 Å². The number of rotatable bonds is 6. The second-order valence-corrected chi connectivity index (χ2v) is 12.2. The summed E-state index contributed by atoms with van der Waals surface area (Å²) in [7, 11) is 0. The molecule has 0 bridgehead atoms. The zero-order chi connectivity index (χ0) is 32.6. The molecule has 49 heavy (non-hydrogen) atoms. The Labute approximate surface area is 285 Å². The minimum atomic E-state index is -0.126. The molecule has 2 unspecified atom stereocenters. The van der Waals surface area contributed by atoms with E-state index in [0.29, 0.717) is 0 Å². The molecule has 0 fully saturated rings. The molecular formula is C44H32N4O. The molecule has 7 aromatic rings. The first kappa shape index (κ1) is 28.7. The molecule has 0 saturated heterocycles. The molecule has 0 amide bonds. The molecule has 5 heteroatoms. The van der Waals surface area contributed by atoms with Crippen molar-refractivity contribution in [3.05, 3.63) is 192 Å². The Morgan fingerprint density at radius 2 is 0.939 bits per heavy atom. The van der Waals surface area contributed by atoms with Gasteiger partial charge in [0.05, 0.1) is 52.9 Å². The maximum atomic E-state index is 6.49. The number of para-hydroxylation sites is 1. The van der Waals surface area contributed by atoms with Crippen LogP contribution >= 0.6 is 0 Å². The van der Waals surface area contributed by atoms with E-state index in [9.17, 15) is 0 Å². The first-order valence-corrected chi connectivity index (χ1v) is 16.6. The lowest BCUT2D eigenvalue weighted by Gasteiger charge is -2.35. The summed E-state index contributed by atoms with van der Waals surface area (Å²) in [5, 5.41) is 2.06. The summed E-state index contributed by atoms with van der Waals surface area (Å²) in [6.07, 6.45) is 8.49. The Bertz CT molecular complexity index is 2390. The van der Waals surface area contributed by atoms with Crippen molar-refractivity contribution >= 4 is 57.4 Å². The van der Waals surface area contributed by atoms with Crippen molar-refractivity contribution in [3.8, 4) is 0 Å². The minimum Gasteiger partial charge on any atom is -0.456 e. The van der Waals surface area contributed by atoms with Crippen molar-refractivity contribution in [2.75, 3.05) is 9.80 Å². The molecule has 0 saturated carbocycles. The number of nitrogens with zero attached hydrogens (tertiary/aromatic N) is 4. The maximum absolute atomic E-state index is 6.49. The summed E-state index contributed by atoms with van der Waals surface area (Å²) in [4.78, 5) is 14.7. The number of hydrogen-bond donors (Lipinski definition) is 0. The molecule has 0 spiro atoms. The number of anilines is 2. The summed E-state index contributed by atoms with van der Waals surface area (Å²) < 4.78 is 6.49. The van der Waals surface area contributed by atoms with Gasteiger partial charge in [-0.3, -0.25) is 19.8 Å². The van der Waals surface area contributed by atoms with E-state index in [2.05, 4.69) is 155 Å². The Balaban J connectivity index is 1.29. The highest BCUT2D eigenvalue weighted by Crippen LogP contribution is 2.48. The van der Waals surface area contributed by atoms with Gasteiger partial charge in [0, 0.05) is 5.39 Å². The molecule has 1 aromatic heterocycles. The third-order valence-corrected chi connectivity index (χ3v) is 9.25. The third-order valence-electron chi connectivity index (χ3n) is 9.25. The summed E-state index contributed by atoms with van der Waals surface area (Å²) in [6, 6.07) is 54.2. The predicted octanol–water partition coefficient (Wildman–Crippen LogP) is 10.8. The zero-order valence-electron chi connectivity index (χ0n) is 26.7. The van der Waals surface area contributed by atoms with E-state index in [1.165, 1.54) is 0 Å². The van der Waals surface area contributed by atoms with E-state index >= 15 is 0 Å². The highest BCUT2D eigenvalue weighted by atomic mass is 16.3. The number of fused-ring (bicyclic) bond motifs is 3. The van der Waals surface area contributed by atoms with Crippen molar-refractivity contribution in [2.45, 2.75) is 12.1 Å². The first-order valence-electron chi connectivity index (χ1n) is 16.6. The van der Waals surface area contributed by atoms with Crippen LogP contribution in [0.4, 0.5) is 11.4 Å². The quantitative estimate of drug-likeness (QED) is 0.183. The summed E-state index contributed by atoms with van der Waals surface area (Å²) >= 11 is 0. The minimum absolute atomic E-state index is 0.113. The van der Waals surface area contributed by atoms with Gasteiger partial charge in [-0.15, -0.1) is 0 Å². The number of hydrogen-bond acceptors (Lipinski definition) is 5. The van der Waals surface area contributed by atoms with Crippen LogP contribution in [0.25, 0.3) is 33.3 Å². The lowest BCUT2D eigenvalue weighted by atomic mass is 9.98. The van der Waals surface area contributed by atoms with Crippen LogP contribution in [0.5, 0.6) is 0 Å². The van der Waals surface area contributed by atoms with Crippen molar-refractivity contribution < 1.29 is 4.42 Å². The van der Waals surface area contributed by atoms with Crippen LogP contribution in [0, 0.1) is 0 Å². The Hall–Kier alpha value is -6.46. The molecule has 5 nitrogen and oxygen atoms in total. The van der Waals surface area contributed by atoms with E-state index in [-0.39, 0.29) is 12.1 Å². The van der Waals surface area contributed by atoms with E-state index in [1.807, 2.05) is 36.9 Å². The summed E-state index contributed by atoms with van der Waals surface area (Å²) in [5.41, 5.74) is 10.2. The normalized spacial score (nSPS) is 17.4. The number of furan rings is 1. The summed E-state index contributed by atoms with van der Waals surface area (Å²) in [5.74, 6) is 0. The molecule has 0 radical (unpaired) electrons. The maximum Gasteiger partial charge on any atom is 0.137 e. The monoisotopic (exact) mass is 632 g/mol. The SMILES string of the molecule is C1=NC(c2ccccc2)C=C(c2ccccc2)N1c1ccc2oc3ccccc3c2c1N1C=NC(c2ccccc2)C=C1c1ccccc1. The average molecular weight is 633 g/mol. The van der Waals surface area contributed by atoms with Gasteiger partial charge in [-0.25, -0.2) is 0 Å². The van der Waals surface area contributed by atoms with Crippen molar-refractivity contribution in [3.63, 3.8) is 0 Å². The van der Waals surface area contributed by atoms with Crippen LogP contribution < -0.4 is 9.80 Å². The van der Waals surface area contributed by atoms with E-state index < -0.39 is 0 Å². The van der Waals surface area contributed by atoms with E-state index in [4.69, 9.17) is 14.4 Å². The van der Waals surface area contributed by atoms with Gasteiger partial charge in [0.2, 0.25) is 0 Å². The second kappa shape index (κ2) is 12.3. The molecule has 2 aliphatic heterocycles. The van der Waals surface area contributed by atoms with Crippen molar-refractivity contribution in [1.82, 2.24) is 0 Å². The average Bonchev–Trinajstić information content (AvgIpc) is 3.57. The van der Waals surface area contributed by atoms with Crippen LogP contribution in [-0.4, -0.2) is 12.7 Å². The third kappa shape index (κ3) is 5.22. The Kier molecular flexibility index (Phi) is 7.21. The van der Waals surface area contributed by atoms with Gasteiger partial charge in [0.1, 0.15) is 11.2 Å². The van der Waals surface area contributed by atoms with Crippen LogP contribution in [0.2, 0.25) is 0 Å². The smallest absolute Gasteiger partial charge is 0.137 e. The van der Waals surface area contributed by atoms with Gasteiger partial charge in [-0.05, 0) is 52.6 Å². The lowest BCUT2D eigenvalue weighted by Crippen LogP contribution is -2.29. The summed E-state index contributed by atoms with van der Waals surface area (Å²) in [6.45, 7) is 0. The fraction of sp³-hybridized carbons (Fsp3) is 0.0455.